The Balaban J connectivity index is 1.49. The number of para-hydroxylation sites is 1. The first-order chi connectivity index (χ1) is 18.1. The maximum Gasteiger partial charge on any atom is 0.307 e. The van der Waals surface area contributed by atoms with Crippen LogP contribution in [0.2, 0.25) is 0 Å². The number of hydrogen-bond acceptors (Lipinski definition) is 5. The Morgan fingerprint density at radius 2 is 1.97 bits per heavy atom. The fraction of sp³-hybridized carbons (Fsp3) is 0.226. The van der Waals surface area contributed by atoms with Gasteiger partial charge < -0.3 is 20.0 Å². The summed E-state index contributed by atoms with van der Waals surface area (Å²) in [5.41, 5.74) is 11.4. The van der Waals surface area contributed by atoms with Crippen LogP contribution in [-0.4, -0.2) is 17.3 Å². The van der Waals surface area contributed by atoms with E-state index in [0.717, 1.165) is 58.2 Å². The van der Waals surface area contributed by atoms with E-state index in [-0.39, 0.29) is 6.42 Å². The molecule has 1 aliphatic heterocycles. The molecule has 0 bridgehead atoms. The fourth-order valence-electron chi connectivity index (χ4n) is 4.77. The van der Waals surface area contributed by atoms with E-state index in [0.29, 0.717) is 30.4 Å². The Kier molecular flexibility index (Phi) is 7.47. The highest BCUT2D eigenvalue weighted by molar-refractivity contribution is 5.93. The van der Waals surface area contributed by atoms with Gasteiger partial charge in [0, 0.05) is 41.9 Å². The van der Waals surface area contributed by atoms with Crippen molar-refractivity contribution < 1.29 is 19.1 Å². The molecule has 6 nitrogen and oxygen atoms in total. The first kappa shape index (κ1) is 24.5. The van der Waals surface area contributed by atoms with Crippen molar-refractivity contribution >= 4 is 23.2 Å². The first-order valence-corrected chi connectivity index (χ1v) is 12.5. The van der Waals surface area contributed by atoms with Gasteiger partial charge in [0.1, 0.15) is 23.7 Å². The monoisotopic (exact) mass is 494 g/mol. The average Bonchev–Trinajstić information content (AvgIpc) is 3.13. The van der Waals surface area contributed by atoms with E-state index in [1.54, 1.807) is 6.07 Å². The minimum Gasteiger partial charge on any atom is -0.489 e. The Bertz CT molecular complexity index is 1470. The smallest absolute Gasteiger partial charge is 0.307 e. The quantitative estimate of drug-likeness (QED) is 0.284. The summed E-state index contributed by atoms with van der Waals surface area (Å²) < 4.78 is 12.6. The molecule has 6 heteroatoms. The van der Waals surface area contributed by atoms with Crippen LogP contribution in [0.3, 0.4) is 0 Å². The van der Waals surface area contributed by atoms with Gasteiger partial charge in [0.25, 0.3) is 0 Å². The minimum absolute atomic E-state index is 0.0852. The van der Waals surface area contributed by atoms with Crippen LogP contribution in [0.4, 0.5) is 0 Å². The van der Waals surface area contributed by atoms with Gasteiger partial charge in [-0.25, -0.2) is 0 Å². The molecular formula is C31H30N2O4. The van der Waals surface area contributed by atoms with Crippen molar-refractivity contribution in [3.8, 4) is 16.9 Å². The predicted octanol–water partition coefficient (Wildman–Crippen LogP) is 6.30. The number of allylic oxidation sites excluding steroid dienone is 1. The number of rotatable bonds is 9. The third kappa shape index (κ3) is 5.98. The molecule has 1 atom stereocenters. The highest BCUT2D eigenvalue weighted by Crippen LogP contribution is 2.35. The topological polar surface area (TPSA) is 98.0 Å². The second kappa shape index (κ2) is 11.3. The largest absolute Gasteiger partial charge is 0.489 e. The van der Waals surface area contributed by atoms with Crippen LogP contribution in [-0.2, 0) is 30.8 Å². The van der Waals surface area contributed by atoms with Gasteiger partial charge >= 0.3 is 5.97 Å². The van der Waals surface area contributed by atoms with Crippen molar-refractivity contribution in [1.82, 2.24) is 0 Å². The lowest BCUT2D eigenvalue weighted by Gasteiger charge is -2.12. The first-order valence-electron chi connectivity index (χ1n) is 12.5. The van der Waals surface area contributed by atoms with E-state index < -0.39 is 5.97 Å². The van der Waals surface area contributed by atoms with Crippen LogP contribution < -0.4 is 10.5 Å². The number of benzene rings is 3. The summed E-state index contributed by atoms with van der Waals surface area (Å²) in [6.45, 7) is 0.763. The molecule has 1 aliphatic rings. The van der Waals surface area contributed by atoms with Gasteiger partial charge in [0.2, 0.25) is 0 Å². The molecule has 5 rings (SSSR count). The average molecular weight is 495 g/mol. The number of carboxylic acid groups (broad SMARTS) is 1. The molecule has 0 amide bonds. The van der Waals surface area contributed by atoms with Gasteiger partial charge in [0.15, 0.2) is 0 Å². The molecule has 37 heavy (non-hydrogen) atoms. The highest BCUT2D eigenvalue weighted by atomic mass is 16.5. The molecule has 0 fully saturated rings. The summed E-state index contributed by atoms with van der Waals surface area (Å²) in [6, 6.07) is 21.7. The fourth-order valence-corrected chi connectivity index (χ4v) is 4.77. The molecule has 1 aromatic heterocycles. The molecule has 188 valence electrons. The summed E-state index contributed by atoms with van der Waals surface area (Å²) in [6.07, 6.45) is 8.71. The van der Waals surface area contributed by atoms with Crippen LogP contribution in [0, 0.1) is 5.92 Å². The van der Waals surface area contributed by atoms with Gasteiger partial charge in [-0.05, 0) is 65.8 Å². The number of furan rings is 1. The van der Waals surface area contributed by atoms with Gasteiger partial charge in [-0.1, -0.05) is 42.5 Å². The molecule has 2 heterocycles. The summed E-state index contributed by atoms with van der Waals surface area (Å²) in [5.74, 6) is 1.00. The van der Waals surface area contributed by atoms with Crippen LogP contribution in [0.5, 0.6) is 5.75 Å². The number of aliphatic imine (C=N–C) groups is 1. The van der Waals surface area contributed by atoms with E-state index >= 15 is 0 Å². The van der Waals surface area contributed by atoms with Crippen molar-refractivity contribution in [2.45, 2.75) is 38.8 Å². The number of hydrogen-bond donors (Lipinski definition) is 2. The lowest BCUT2D eigenvalue weighted by molar-refractivity contribution is -0.136. The third-order valence-corrected chi connectivity index (χ3v) is 6.59. The summed E-state index contributed by atoms with van der Waals surface area (Å²) in [4.78, 5) is 15.5. The zero-order valence-electron chi connectivity index (χ0n) is 20.6. The molecule has 0 spiro atoms. The number of nitrogens with two attached hydrogens (primary N) is 1. The van der Waals surface area contributed by atoms with Crippen LogP contribution in [0.25, 0.3) is 22.1 Å². The van der Waals surface area contributed by atoms with Gasteiger partial charge in [-0.3, -0.25) is 9.79 Å². The molecule has 0 saturated heterocycles. The van der Waals surface area contributed by atoms with Crippen molar-refractivity contribution in [2.24, 2.45) is 16.6 Å². The van der Waals surface area contributed by atoms with Gasteiger partial charge in [-0.15, -0.1) is 0 Å². The molecule has 0 radical (unpaired) electrons. The second-order valence-corrected chi connectivity index (χ2v) is 9.36. The number of carbonyl (C=O) groups is 1. The zero-order chi connectivity index (χ0) is 25.6. The summed E-state index contributed by atoms with van der Waals surface area (Å²) >= 11 is 0. The maximum absolute atomic E-state index is 11.3. The van der Waals surface area contributed by atoms with Crippen molar-refractivity contribution in [2.75, 3.05) is 0 Å². The number of fused-ring (bicyclic) bond motifs is 1. The standard InChI is InChI=1S/C31H30N2O4/c32-19-22-5-3-8-24(13-22)28-16-23(20-36-29-9-2-1-7-25(29)18-30(34)35)14-26-17-27(37-31(26)28)15-21-6-4-11-33-12-10-21/h1-3,5,7-14,16-17,21H,4,6,15,18-20,32H2,(H,34,35). The van der Waals surface area contributed by atoms with Crippen LogP contribution in [0.15, 0.2) is 88.4 Å². The second-order valence-electron chi connectivity index (χ2n) is 9.36. The number of nitrogens with zero attached hydrogens (tertiary/aromatic N) is 1. The van der Waals surface area contributed by atoms with Gasteiger partial charge in [0.05, 0.1) is 6.42 Å². The highest BCUT2D eigenvalue weighted by Gasteiger charge is 2.16. The van der Waals surface area contributed by atoms with Gasteiger partial charge in [-0.2, -0.15) is 0 Å². The SMILES string of the molecule is NCc1cccc(-c2cc(COc3ccccc3CC(=O)O)cc3cc(CC4C=CN=CCC4)oc23)c1. The number of ether oxygens (including phenoxy) is 1. The van der Waals surface area contributed by atoms with E-state index in [1.165, 1.54) is 0 Å². The third-order valence-electron chi connectivity index (χ3n) is 6.59. The van der Waals surface area contributed by atoms with E-state index in [9.17, 15) is 9.90 Å². The number of aliphatic carboxylic acids is 1. The molecule has 3 N–H and O–H groups in total. The minimum atomic E-state index is -0.888. The zero-order valence-corrected chi connectivity index (χ0v) is 20.6. The van der Waals surface area contributed by atoms with E-state index in [1.807, 2.05) is 42.7 Å². The molecule has 0 saturated carbocycles. The van der Waals surface area contributed by atoms with E-state index in [4.69, 9.17) is 14.9 Å². The molecule has 0 aliphatic carbocycles. The Hall–Kier alpha value is -4.16. The Morgan fingerprint density at radius 3 is 2.84 bits per heavy atom. The number of carboxylic acids is 1. The molecule has 1 unspecified atom stereocenters. The Morgan fingerprint density at radius 1 is 1.08 bits per heavy atom. The van der Waals surface area contributed by atoms with Crippen molar-refractivity contribution in [3.63, 3.8) is 0 Å². The van der Waals surface area contributed by atoms with E-state index in [2.05, 4.69) is 41.4 Å². The lowest BCUT2D eigenvalue weighted by atomic mass is 9.97. The normalized spacial score (nSPS) is 15.1. The van der Waals surface area contributed by atoms with Crippen molar-refractivity contribution in [1.29, 1.82) is 0 Å². The molecule has 4 aromatic rings. The molecular weight excluding hydrogens is 464 g/mol. The molecule has 3 aromatic carbocycles. The lowest BCUT2D eigenvalue weighted by Crippen LogP contribution is -2.04. The summed E-state index contributed by atoms with van der Waals surface area (Å²) in [7, 11) is 0. The maximum atomic E-state index is 11.3. The summed E-state index contributed by atoms with van der Waals surface area (Å²) in [5, 5.41) is 10.3. The van der Waals surface area contributed by atoms with Crippen molar-refractivity contribution in [3.05, 3.63) is 101 Å². The van der Waals surface area contributed by atoms with Crippen LogP contribution in [0.1, 0.15) is 35.3 Å². The van der Waals surface area contributed by atoms with Crippen LogP contribution >= 0.6 is 0 Å². The predicted molar refractivity (Wildman–Crippen MR) is 146 cm³/mol. The Labute approximate surface area is 216 Å².